The molecule has 1 aromatic heterocycles. The standard InChI is InChI=1S/C16H17FN2O3/c17-11-3-4-12-10(9-18-13(12)8-11)7-14(20)19-16(15(21)22)5-1-2-6-16/h3-4,8-9,18H,1-2,5-7H2,(H,19,20)(H,21,22). The smallest absolute Gasteiger partial charge is 0.329 e. The Bertz CT molecular complexity index is 732. The normalized spacial score (nSPS) is 16.8. The highest BCUT2D eigenvalue weighted by atomic mass is 19.1. The van der Waals surface area contributed by atoms with E-state index in [2.05, 4.69) is 10.3 Å². The quantitative estimate of drug-likeness (QED) is 0.811. The van der Waals surface area contributed by atoms with Gasteiger partial charge in [-0.2, -0.15) is 0 Å². The molecule has 0 saturated heterocycles. The van der Waals surface area contributed by atoms with Gasteiger partial charge in [0.25, 0.3) is 0 Å². The van der Waals surface area contributed by atoms with Gasteiger partial charge in [0.15, 0.2) is 0 Å². The monoisotopic (exact) mass is 304 g/mol. The average molecular weight is 304 g/mol. The highest BCUT2D eigenvalue weighted by Gasteiger charge is 2.42. The van der Waals surface area contributed by atoms with Crippen molar-refractivity contribution >= 4 is 22.8 Å². The number of carbonyl (C=O) groups is 2. The van der Waals surface area contributed by atoms with E-state index in [1.807, 2.05) is 0 Å². The van der Waals surface area contributed by atoms with Crippen molar-refractivity contribution in [3.8, 4) is 0 Å². The van der Waals surface area contributed by atoms with E-state index in [1.54, 1.807) is 12.3 Å². The third kappa shape index (κ3) is 2.56. The van der Waals surface area contributed by atoms with E-state index in [4.69, 9.17) is 0 Å². The number of hydrogen-bond acceptors (Lipinski definition) is 2. The summed E-state index contributed by atoms with van der Waals surface area (Å²) in [5.74, 6) is -1.64. The van der Waals surface area contributed by atoms with Gasteiger partial charge in [-0.15, -0.1) is 0 Å². The first-order valence-corrected chi connectivity index (χ1v) is 7.30. The molecule has 0 atom stereocenters. The number of fused-ring (bicyclic) bond motifs is 1. The summed E-state index contributed by atoms with van der Waals surface area (Å²) in [5.41, 5.74) is 0.220. The van der Waals surface area contributed by atoms with Gasteiger partial charge in [-0.05, 0) is 36.6 Å². The lowest BCUT2D eigenvalue weighted by Crippen LogP contribution is -2.52. The summed E-state index contributed by atoms with van der Waals surface area (Å²) < 4.78 is 13.2. The molecule has 1 amide bonds. The van der Waals surface area contributed by atoms with Gasteiger partial charge < -0.3 is 15.4 Å². The van der Waals surface area contributed by atoms with Crippen molar-refractivity contribution in [2.24, 2.45) is 0 Å². The molecule has 1 aromatic carbocycles. The number of aromatic nitrogens is 1. The Morgan fingerprint density at radius 3 is 2.73 bits per heavy atom. The molecule has 0 spiro atoms. The first kappa shape index (κ1) is 14.6. The highest BCUT2D eigenvalue weighted by molar-refractivity contribution is 5.92. The Morgan fingerprint density at radius 2 is 2.05 bits per heavy atom. The van der Waals surface area contributed by atoms with E-state index in [0.29, 0.717) is 18.4 Å². The summed E-state index contributed by atoms with van der Waals surface area (Å²) in [6.07, 6.45) is 4.27. The summed E-state index contributed by atoms with van der Waals surface area (Å²) in [4.78, 5) is 26.6. The van der Waals surface area contributed by atoms with Gasteiger partial charge in [-0.3, -0.25) is 4.79 Å². The van der Waals surface area contributed by atoms with Gasteiger partial charge in [0.05, 0.1) is 6.42 Å². The number of rotatable bonds is 4. The van der Waals surface area contributed by atoms with Gasteiger partial charge in [0, 0.05) is 17.1 Å². The molecule has 6 heteroatoms. The van der Waals surface area contributed by atoms with Crippen LogP contribution in [0.25, 0.3) is 10.9 Å². The number of amides is 1. The maximum absolute atomic E-state index is 13.2. The van der Waals surface area contributed by atoms with Crippen LogP contribution in [0.15, 0.2) is 24.4 Å². The maximum Gasteiger partial charge on any atom is 0.329 e. The average Bonchev–Trinajstić information content (AvgIpc) is 3.07. The summed E-state index contributed by atoms with van der Waals surface area (Å²) in [6, 6.07) is 4.33. The van der Waals surface area contributed by atoms with Gasteiger partial charge >= 0.3 is 5.97 Å². The maximum atomic E-state index is 13.2. The van der Waals surface area contributed by atoms with Crippen molar-refractivity contribution in [3.63, 3.8) is 0 Å². The van der Waals surface area contributed by atoms with Crippen molar-refractivity contribution in [2.45, 2.75) is 37.6 Å². The van der Waals surface area contributed by atoms with Crippen LogP contribution in [0.5, 0.6) is 0 Å². The minimum absolute atomic E-state index is 0.0701. The van der Waals surface area contributed by atoms with Crippen LogP contribution in [-0.4, -0.2) is 27.5 Å². The Labute approximate surface area is 126 Å². The van der Waals surface area contributed by atoms with Gasteiger partial charge in [-0.1, -0.05) is 12.8 Å². The van der Waals surface area contributed by atoms with Crippen LogP contribution in [0.4, 0.5) is 4.39 Å². The molecule has 1 aliphatic carbocycles. The first-order valence-electron chi connectivity index (χ1n) is 7.30. The number of halogens is 1. The van der Waals surface area contributed by atoms with Crippen LogP contribution < -0.4 is 5.32 Å². The number of carbonyl (C=O) groups excluding carboxylic acids is 1. The number of benzene rings is 1. The van der Waals surface area contributed by atoms with E-state index < -0.39 is 11.5 Å². The fourth-order valence-electron chi connectivity index (χ4n) is 3.16. The zero-order valence-corrected chi connectivity index (χ0v) is 12.0. The molecule has 3 N–H and O–H groups in total. The summed E-state index contributed by atoms with van der Waals surface area (Å²) in [5, 5.41) is 12.8. The van der Waals surface area contributed by atoms with Crippen LogP contribution in [0.3, 0.4) is 0 Å². The lowest BCUT2D eigenvalue weighted by Gasteiger charge is -2.25. The SMILES string of the molecule is O=C(Cc1c[nH]c2cc(F)ccc12)NC1(C(=O)O)CCCC1. The number of hydrogen-bond donors (Lipinski definition) is 3. The first-order chi connectivity index (χ1) is 10.5. The second kappa shape index (κ2) is 5.44. The number of carboxylic acids is 1. The lowest BCUT2D eigenvalue weighted by molar-refractivity contribution is -0.147. The lowest BCUT2D eigenvalue weighted by atomic mass is 9.97. The number of H-pyrrole nitrogens is 1. The third-order valence-corrected chi connectivity index (χ3v) is 4.33. The molecule has 2 aromatic rings. The predicted octanol–water partition coefficient (Wildman–Crippen LogP) is 2.36. The molecular weight excluding hydrogens is 287 g/mol. The number of carboxylic acid groups (broad SMARTS) is 1. The molecule has 0 radical (unpaired) electrons. The molecular formula is C16H17FN2O3. The Balaban J connectivity index is 1.77. The van der Waals surface area contributed by atoms with Crippen LogP contribution in [0.1, 0.15) is 31.2 Å². The van der Waals surface area contributed by atoms with Crippen molar-refractivity contribution in [2.75, 3.05) is 0 Å². The highest BCUT2D eigenvalue weighted by Crippen LogP contribution is 2.30. The molecule has 5 nitrogen and oxygen atoms in total. The summed E-state index contributed by atoms with van der Waals surface area (Å²) >= 11 is 0. The Hall–Kier alpha value is -2.37. The molecule has 0 bridgehead atoms. The van der Waals surface area contributed by atoms with Crippen LogP contribution in [0, 0.1) is 5.82 Å². The number of aromatic amines is 1. The molecule has 22 heavy (non-hydrogen) atoms. The van der Waals surface area contributed by atoms with E-state index in [-0.39, 0.29) is 18.1 Å². The van der Waals surface area contributed by atoms with E-state index in [0.717, 1.165) is 23.8 Å². The second-order valence-corrected chi connectivity index (χ2v) is 5.82. The van der Waals surface area contributed by atoms with Crippen molar-refractivity contribution in [1.82, 2.24) is 10.3 Å². The summed E-state index contributed by atoms with van der Waals surface area (Å²) in [7, 11) is 0. The van der Waals surface area contributed by atoms with Crippen molar-refractivity contribution in [1.29, 1.82) is 0 Å². The Kier molecular flexibility index (Phi) is 3.60. The molecule has 116 valence electrons. The largest absolute Gasteiger partial charge is 0.480 e. The van der Waals surface area contributed by atoms with Crippen molar-refractivity contribution < 1.29 is 19.1 Å². The number of aliphatic carboxylic acids is 1. The topological polar surface area (TPSA) is 82.2 Å². The molecule has 1 fully saturated rings. The molecule has 1 aliphatic rings. The van der Waals surface area contributed by atoms with Gasteiger partial charge in [0.1, 0.15) is 11.4 Å². The fraction of sp³-hybridized carbons (Fsp3) is 0.375. The summed E-state index contributed by atoms with van der Waals surface area (Å²) in [6.45, 7) is 0. The zero-order valence-electron chi connectivity index (χ0n) is 12.0. The Morgan fingerprint density at radius 1 is 1.32 bits per heavy atom. The molecule has 1 heterocycles. The zero-order chi connectivity index (χ0) is 15.7. The molecule has 0 aliphatic heterocycles. The van der Waals surface area contributed by atoms with E-state index in [9.17, 15) is 19.1 Å². The third-order valence-electron chi connectivity index (χ3n) is 4.33. The second-order valence-electron chi connectivity index (χ2n) is 5.82. The minimum Gasteiger partial charge on any atom is -0.480 e. The minimum atomic E-state index is -1.13. The van der Waals surface area contributed by atoms with E-state index >= 15 is 0 Å². The van der Waals surface area contributed by atoms with Crippen molar-refractivity contribution in [3.05, 3.63) is 35.8 Å². The van der Waals surface area contributed by atoms with E-state index in [1.165, 1.54) is 12.1 Å². The molecule has 0 unspecified atom stereocenters. The van der Waals surface area contributed by atoms with Crippen LogP contribution in [0.2, 0.25) is 0 Å². The number of nitrogens with one attached hydrogen (secondary N) is 2. The van der Waals surface area contributed by atoms with Gasteiger partial charge in [-0.25, -0.2) is 9.18 Å². The fourth-order valence-corrected chi connectivity index (χ4v) is 3.16. The molecule has 3 rings (SSSR count). The van der Waals surface area contributed by atoms with Crippen LogP contribution >= 0.6 is 0 Å². The van der Waals surface area contributed by atoms with Crippen LogP contribution in [-0.2, 0) is 16.0 Å². The molecule has 1 saturated carbocycles. The predicted molar refractivity (Wildman–Crippen MR) is 78.9 cm³/mol. The van der Waals surface area contributed by atoms with Gasteiger partial charge in [0.2, 0.25) is 5.91 Å².